The second-order valence-corrected chi connectivity index (χ2v) is 8.55. The standard InChI is InChI=1S/C17H26O4S/c1-14(13-22(18,19)15-9-5-4-6-10-15)17(2,3)21-16-11-7-8-12-20-16/h4-6,9-10,14,16H,7-8,11-13H2,1-3H3/t14-,16-/m0/s1. The number of ether oxygens (including phenoxy) is 2. The van der Waals surface area contributed by atoms with Crippen molar-refractivity contribution >= 4 is 9.84 Å². The van der Waals surface area contributed by atoms with E-state index in [2.05, 4.69) is 0 Å². The monoisotopic (exact) mass is 326 g/mol. The molecular formula is C17H26O4S. The highest BCUT2D eigenvalue weighted by Gasteiger charge is 2.34. The van der Waals surface area contributed by atoms with E-state index in [-0.39, 0.29) is 18.0 Å². The third-order valence-electron chi connectivity index (χ3n) is 4.33. The van der Waals surface area contributed by atoms with Gasteiger partial charge in [-0.2, -0.15) is 0 Å². The number of hydrogen-bond acceptors (Lipinski definition) is 4. The van der Waals surface area contributed by atoms with Gasteiger partial charge in [-0.3, -0.25) is 0 Å². The Hall–Kier alpha value is -0.910. The molecule has 1 aromatic carbocycles. The molecule has 0 saturated carbocycles. The highest BCUT2D eigenvalue weighted by molar-refractivity contribution is 7.91. The van der Waals surface area contributed by atoms with Crippen LogP contribution in [0.4, 0.5) is 0 Å². The molecule has 1 fully saturated rings. The van der Waals surface area contributed by atoms with Gasteiger partial charge in [0.2, 0.25) is 0 Å². The Balaban J connectivity index is 2.01. The van der Waals surface area contributed by atoms with E-state index in [9.17, 15) is 8.42 Å². The minimum absolute atomic E-state index is 0.0662. The molecular weight excluding hydrogens is 300 g/mol. The molecule has 1 aliphatic rings. The van der Waals surface area contributed by atoms with Crippen LogP contribution in [-0.4, -0.2) is 32.7 Å². The van der Waals surface area contributed by atoms with Gasteiger partial charge in [0.05, 0.1) is 16.2 Å². The lowest BCUT2D eigenvalue weighted by Crippen LogP contribution is -2.41. The van der Waals surface area contributed by atoms with Gasteiger partial charge < -0.3 is 9.47 Å². The minimum atomic E-state index is -3.30. The van der Waals surface area contributed by atoms with Crippen molar-refractivity contribution in [3.63, 3.8) is 0 Å². The molecule has 0 N–H and O–H groups in total. The molecule has 1 heterocycles. The van der Waals surface area contributed by atoms with Gasteiger partial charge >= 0.3 is 0 Å². The Kier molecular flexibility index (Phi) is 5.64. The quantitative estimate of drug-likeness (QED) is 0.804. The molecule has 1 aliphatic heterocycles. The van der Waals surface area contributed by atoms with Crippen LogP contribution in [-0.2, 0) is 19.3 Å². The van der Waals surface area contributed by atoms with Crippen LogP contribution in [0.15, 0.2) is 35.2 Å². The topological polar surface area (TPSA) is 52.6 Å². The second kappa shape index (κ2) is 7.11. The number of benzene rings is 1. The summed E-state index contributed by atoms with van der Waals surface area (Å²) >= 11 is 0. The highest BCUT2D eigenvalue weighted by Crippen LogP contribution is 2.29. The number of sulfone groups is 1. The molecule has 4 nitrogen and oxygen atoms in total. The summed E-state index contributed by atoms with van der Waals surface area (Å²) in [6, 6.07) is 8.58. The fraction of sp³-hybridized carbons (Fsp3) is 0.647. The molecule has 0 bridgehead atoms. The van der Waals surface area contributed by atoms with Crippen LogP contribution in [0.5, 0.6) is 0 Å². The molecule has 1 saturated heterocycles. The molecule has 0 unspecified atom stereocenters. The summed E-state index contributed by atoms with van der Waals surface area (Å²) in [5.41, 5.74) is -0.552. The first-order chi connectivity index (χ1) is 10.3. The van der Waals surface area contributed by atoms with Crippen LogP contribution >= 0.6 is 0 Å². The average Bonchev–Trinajstić information content (AvgIpc) is 2.48. The van der Waals surface area contributed by atoms with Gasteiger partial charge in [0.15, 0.2) is 16.1 Å². The Morgan fingerprint density at radius 1 is 1.27 bits per heavy atom. The third-order valence-corrected chi connectivity index (χ3v) is 6.26. The molecule has 1 aromatic rings. The van der Waals surface area contributed by atoms with Gasteiger partial charge in [-0.1, -0.05) is 25.1 Å². The van der Waals surface area contributed by atoms with Gasteiger partial charge in [0.25, 0.3) is 0 Å². The van der Waals surface area contributed by atoms with Crippen molar-refractivity contribution in [1.82, 2.24) is 0 Å². The van der Waals surface area contributed by atoms with Gasteiger partial charge in [-0.15, -0.1) is 0 Å². The maximum absolute atomic E-state index is 12.5. The van der Waals surface area contributed by atoms with Crippen LogP contribution in [0.2, 0.25) is 0 Å². The van der Waals surface area contributed by atoms with Crippen molar-refractivity contribution in [2.45, 2.75) is 56.8 Å². The third kappa shape index (κ3) is 4.54. The van der Waals surface area contributed by atoms with E-state index in [1.165, 1.54) is 0 Å². The summed E-state index contributed by atoms with van der Waals surface area (Å²) in [7, 11) is -3.30. The van der Waals surface area contributed by atoms with Gasteiger partial charge in [-0.05, 0) is 51.2 Å². The number of rotatable bonds is 6. The van der Waals surface area contributed by atoms with Crippen molar-refractivity contribution < 1.29 is 17.9 Å². The van der Waals surface area contributed by atoms with Crippen LogP contribution in [0.1, 0.15) is 40.0 Å². The van der Waals surface area contributed by atoms with Crippen molar-refractivity contribution in [3.8, 4) is 0 Å². The normalized spacial score (nSPS) is 21.5. The molecule has 22 heavy (non-hydrogen) atoms. The lowest BCUT2D eigenvalue weighted by molar-refractivity contribution is -0.225. The second-order valence-electron chi connectivity index (χ2n) is 6.51. The molecule has 2 atom stereocenters. The van der Waals surface area contributed by atoms with Crippen LogP contribution < -0.4 is 0 Å². The maximum atomic E-state index is 12.5. The minimum Gasteiger partial charge on any atom is -0.353 e. The molecule has 124 valence electrons. The fourth-order valence-electron chi connectivity index (χ4n) is 2.51. The van der Waals surface area contributed by atoms with Crippen molar-refractivity contribution in [3.05, 3.63) is 30.3 Å². The Labute approximate surface area is 133 Å². The molecule has 2 rings (SSSR count). The van der Waals surface area contributed by atoms with E-state index in [0.29, 0.717) is 4.90 Å². The predicted molar refractivity (Wildman–Crippen MR) is 86.4 cm³/mol. The average molecular weight is 326 g/mol. The van der Waals surface area contributed by atoms with E-state index in [0.717, 1.165) is 25.9 Å². The van der Waals surface area contributed by atoms with Crippen molar-refractivity contribution in [2.75, 3.05) is 12.4 Å². The summed E-state index contributed by atoms with van der Waals surface area (Å²) in [6.07, 6.45) is 2.82. The van der Waals surface area contributed by atoms with Crippen LogP contribution in [0.25, 0.3) is 0 Å². The summed E-state index contributed by atoms with van der Waals surface area (Å²) in [5, 5.41) is 0. The lowest BCUT2D eigenvalue weighted by Gasteiger charge is -2.36. The molecule has 0 aliphatic carbocycles. The highest BCUT2D eigenvalue weighted by atomic mass is 32.2. The smallest absolute Gasteiger partial charge is 0.178 e. The zero-order chi connectivity index (χ0) is 16.2. The lowest BCUT2D eigenvalue weighted by atomic mass is 9.94. The van der Waals surface area contributed by atoms with E-state index in [1.807, 2.05) is 26.8 Å². The number of hydrogen-bond donors (Lipinski definition) is 0. The first-order valence-corrected chi connectivity index (χ1v) is 9.54. The predicted octanol–water partition coefficient (Wildman–Crippen LogP) is 3.42. The summed E-state index contributed by atoms with van der Waals surface area (Å²) in [5.74, 6) is -0.0697. The summed E-state index contributed by atoms with van der Waals surface area (Å²) < 4.78 is 36.6. The van der Waals surface area contributed by atoms with Crippen molar-refractivity contribution in [2.24, 2.45) is 5.92 Å². The van der Waals surface area contributed by atoms with E-state index < -0.39 is 15.4 Å². The van der Waals surface area contributed by atoms with Crippen molar-refractivity contribution in [1.29, 1.82) is 0 Å². The summed E-state index contributed by atoms with van der Waals surface area (Å²) in [4.78, 5) is 0.367. The SMILES string of the molecule is C[C@@H](CS(=O)(=O)c1ccccc1)C(C)(C)O[C@H]1CCCCO1. The van der Waals surface area contributed by atoms with E-state index in [1.54, 1.807) is 24.3 Å². The fourth-order valence-corrected chi connectivity index (χ4v) is 4.34. The molecule has 0 radical (unpaired) electrons. The van der Waals surface area contributed by atoms with Gasteiger partial charge in [-0.25, -0.2) is 8.42 Å². The van der Waals surface area contributed by atoms with Gasteiger partial charge in [0.1, 0.15) is 0 Å². The Morgan fingerprint density at radius 2 is 1.95 bits per heavy atom. The first kappa shape index (κ1) is 17.4. The zero-order valence-electron chi connectivity index (χ0n) is 13.6. The first-order valence-electron chi connectivity index (χ1n) is 7.88. The van der Waals surface area contributed by atoms with E-state index in [4.69, 9.17) is 9.47 Å². The zero-order valence-corrected chi connectivity index (χ0v) is 14.4. The molecule has 0 aromatic heterocycles. The van der Waals surface area contributed by atoms with E-state index >= 15 is 0 Å². The van der Waals surface area contributed by atoms with Gasteiger partial charge in [0, 0.05) is 6.61 Å². The Morgan fingerprint density at radius 3 is 2.55 bits per heavy atom. The maximum Gasteiger partial charge on any atom is 0.178 e. The Bertz CT molecular complexity index is 560. The molecule has 5 heteroatoms. The molecule has 0 spiro atoms. The van der Waals surface area contributed by atoms with Crippen LogP contribution in [0.3, 0.4) is 0 Å². The van der Waals surface area contributed by atoms with Crippen LogP contribution in [0, 0.1) is 5.92 Å². The summed E-state index contributed by atoms with van der Waals surface area (Å²) in [6.45, 7) is 6.52. The molecule has 0 amide bonds. The largest absolute Gasteiger partial charge is 0.353 e.